The molecule has 9 heteroatoms. The molecule has 0 atom stereocenters. The van der Waals surface area contributed by atoms with Crippen LogP contribution < -0.4 is 9.47 Å². The lowest BCUT2D eigenvalue weighted by Crippen LogP contribution is -2.38. The first-order valence-corrected chi connectivity index (χ1v) is 10.9. The molecule has 0 spiro atoms. The van der Waals surface area contributed by atoms with E-state index in [2.05, 4.69) is 19.8 Å². The van der Waals surface area contributed by atoms with E-state index in [9.17, 15) is 8.78 Å². The summed E-state index contributed by atoms with van der Waals surface area (Å²) in [4.78, 5) is 6.75. The quantitative estimate of drug-likeness (QED) is 0.595. The molecule has 4 rings (SSSR count). The molecule has 2 fully saturated rings. The van der Waals surface area contributed by atoms with E-state index in [1.54, 1.807) is 12.1 Å². The predicted octanol–water partition coefficient (Wildman–Crippen LogP) is 4.66. The summed E-state index contributed by atoms with van der Waals surface area (Å²) in [6.45, 7) is -0.480. The number of benzene rings is 1. The standard InChI is InChI=1S/C22H29F2N3O4/c1-28-19-13-15(7-8-18(19)30-22(23)24)21-25-20(31-26-21)14-27-11-9-17(10-12-27)29-16-5-3-2-4-6-16/h7-8,13,16-17,22H,2-6,9-12,14H2,1H3. The van der Waals surface area contributed by atoms with Crippen molar-refractivity contribution in [2.75, 3.05) is 20.2 Å². The van der Waals surface area contributed by atoms with Crippen molar-refractivity contribution in [1.29, 1.82) is 0 Å². The van der Waals surface area contributed by atoms with E-state index >= 15 is 0 Å². The molecule has 2 heterocycles. The molecule has 2 aliphatic rings. The second kappa shape index (κ2) is 10.4. The van der Waals surface area contributed by atoms with Crippen molar-refractivity contribution in [3.8, 4) is 22.9 Å². The van der Waals surface area contributed by atoms with Crippen LogP contribution in [-0.4, -0.2) is 54.1 Å². The molecule has 1 saturated carbocycles. The lowest BCUT2D eigenvalue weighted by molar-refractivity contribution is -0.0573. The summed E-state index contributed by atoms with van der Waals surface area (Å²) in [5, 5.41) is 4.03. The van der Waals surface area contributed by atoms with Gasteiger partial charge in [-0.15, -0.1) is 0 Å². The maximum absolute atomic E-state index is 12.5. The van der Waals surface area contributed by atoms with Crippen LogP contribution in [0.15, 0.2) is 22.7 Å². The molecule has 170 valence electrons. The molecule has 1 aliphatic carbocycles. The third kappa shape index (κ3) is 5.92. The van der Waals surface area contributed by atoms with Crippen LogP contribution >= 0.6 is 0 Å². The van der Waals surface area contributed by atoms with Gasteiger partial charge in [0, 0.05) is 18.7 Å². The third-order valence-corrected chi connectivity index (χ3v) is 5.94. The molecule has 1 saturated heterocycles. The van der Waals surface area contributed by atoms with Crippen molar-refractivity contribution in [3.63, 3.8) is 0 Å². The number of ether oxygens (including phenoxy) is 3. The van der Waals surface area contributed by atoms with Crippen LogP contribution in [0.3, 0.4) is 0 Å². The topological polar surface area (TPSA) is 69.9 Å². The minimum atomic E-state index is -2.92. The Hall–Kier alpha value is -2.26. The molecule has 0 amide bonds. The van der Waals surface area contributed by atoms with Gasteiger partial charge in [-0.1, -0.05) is 24.4 Å². The second-order valence-corrected chi connectivity index (χ2v) is 8.13. The van der Waals surface area contributed by atoms with Crippen molar-refractivity contribution < 1.29 is 27.5 Å². The Kier molecular flexibility index (Phi) is 7.34. The molecule has 1 aliphatic heterocycles. The molecule has 0 N–H and O–H groups in total. The minimum Gasteiger partial charge on any atom is -0.493 e. The van der Waals surface area contributed by atoms with Gasteiger partial charge in [0.15, 0.2) is 11.5 Å². The highest BCUT2D eigenvalue weighted by atomic mass is 19.3. The van der Waals surface area contributed by atoms with E-state index in [0.717, 1.165) is 25.9 Å². The Morgan fingerprint density at radius 3 is 2.52 bits per heavy atom. The summed E-state index contributed by atoms with van der Waals surface area (Å²) in [5.74, 6) is 1.05. The Morgan fingerprint density at radius 2 is 1.81 bits per heavy atom. The Balaban J connectivity index is 1.30. The highest BCUT2D eigenvalue weighted by molar-refractivity contribution is 5.60. The number of alkyl halides is 2. The zero-order chi connectivity index (χ0) is 21.6. The number of rotatable bonds is 8. The summed E-state index contributed by atoms with van der Waals surface area (Å²) in [6, 6.07) is 4.57. The van der Waals surface area contributed by atoms with Gasteiger partial charge >= 0.3 is 6.61 Å². The maximum atomic E-state index is 12.5. The van der Waals surface area contributed by atoms with Crippen LogP contribution in [0.4, 0.5) is 8.78 Å². The van der Waals surface area contributed by atoms with Crippen molar-refractivity contribution in [2.45, 2.75) is 70.3 Å². The number of halogens is 2. The number of piperidine rings is 1. The van der Waals surface area contributed by atoms with Gasteiger partial charge in [0.1, 0.15) is 0 Å². The molecule has 31 heavy (non-hydrogen) atoms. The zero-order valence-electron chi connectivity index (χ0n) is 17.8. The van der Waals surface area contributed by atoms with Crippen LogP contribution in [0.2, 0.25) is 0 Å². The van der Waals surface area contributed by atoms with Crippen molar-refractivity contribution in [1.82, 2.24) is 15.0 Å². The lowest BCUT2D eigenvalue weighted by atomic mass is 9.97. The van der Waals surface area contributed by atoms with Crippen molar-refractivity contribution >= 4 is 0 Å². The molecule has 1 aromatic heterocycles. The van der Waals surface area contributed by atoms with E-state index in [1.165, 1.54) is 45.3 Å². The van der Waals surface area contributed by atoms with Gasteiger partial charge in [0.05, 0.1) is 25.9 Å². The normalized spacial score (nSPS) is 19.1. The van der Waals surface area contributed by atoms with Gasteiger partial charge in [-0.25, -0.2) is 0 Å². The van der Waals surface area contributed by atoms with Gasteiger partial charge in [-0.3, -0.25) is 4.90 Å². The molecule has 0 bridgehead atoms. The summed E-state index contributed by atoms with van der Waals surface area (Å²) < 4.78 is 46.3. The van der Waals surface area contributed by atoms with Crippen LogP contribution in [0.25, 0.3) is 11.4 Å². The lowest BCUT2D eigenvalue weighted by Gasteiger charge is -2.34. The predicted molar refractivity (Wildman–Crippen MR) is 109 cm³/mol. The molecule has 7 nitrogen and oxygen atoms in total. The smallest absolute Gasteiger partial charge is 0.387 e. The Morgan fingerprint density at radius 1 is 1.06 bits per heavy atom. The van der Waals surface area contributed by atoms with Gasteiger partial charge in [-0.05, 0) is 43.9 Å². The zero-order valence-corrected chi connectivity index (χ0v) is 17.8. The SMILES string of the molecule is COc1cc(-c2noc(CN3CCC(OC4CCCCC4)CC3)n2)ccc1OC(F)F. The first-order chi connectivity index (χ1) is 15.1. The van der Waals surface area contributed by atoms with E-state index in [1.807, 2.05) is 0 Å². The van der Waals surface area contributed by atoms with Crippen LogP contribution in [0.1, 0.15) is 50.8 Å². The Labute approximate surface area is 180 Å². The fourth-order valence-corrected chi connectivity index (χ4v) is 4.30. The van der Waals surface area contributed by atoms with E-state index in [-0.39, 0.29) is 11.5 Å². The van der Waals surface area contributed by atoms with Crippen molar-refractivity contribution in [3.05, 3.63) is 24.1 Å². The number of hydrogen-bond donors (Lipinski definition) is 0. The van der Waals surface area contributed by atoms with Gasteiger partial charge in [-0.2, -0.15) is 13.8 Å². The highest BCUT2D eigenvalue weighted by Crippen LogP contribution is 2.32. The molecular weight excluding hydrogens is 408 g/mol. The molecule has 0 unspecified atom stereocenters. The van der Waals surface area contributed by atoms with E-state index < -0.39 is 6.61 Å². The first-order valence-electron chi connectivity index (χ1n) is 10.9. The maximum Gasteiger partial charge on any atom is 0.387 e. The van der Waals surface area contributed by atoms with E-state index in [0.29, 0.717) is 36.0 Å². The number of nitrogens with zero attached hydrogens (tertiary/aromatic N) is 3. The molecular formula is C22H29F2N3O4. The average Bonchev–Trinajstić information content (AvgIpc) is 3.24. The average molecular weight is 437 g/mol. The van der Waals surface area contributed by atoms with Gasteiger partial charge in [0.2, 0.25) is 11.7 Å². The fraction of sp³-hybridized carbons (Fsp3) is 0.636. The van der Waals surface area contributed by atoms with E-state index in [4.69, 9.17) is 14.0 Å². The molecule has 1 aromatic carbocycles. The minimum absolute atomic E-state index is 0.0386. The second-order valence-electron chi connectivity index (χ2n) is 8.13. The largest absolute Gasteiger partial charge is 0.493 e. The summed E-state index contributed by atoms with van der Waals surface area (Å²) in [6.07, 6.45) is 9.13. The summed E-state index contributed by atoms with van der Waals surface area (Å²) >= 11 is 0. The van der Waals surface area contributed by atoms with Crippen LogP contribution in [-0.2, 0) is 11.3 Å². The molecule has 2 aromatic rings. The third-order valence-electron chi connectivity index (χ3n) is 5.94. The van der Waals surface area contributed by atoms with Crippen LogP contribution in [0.5, 0.6) is 11.5 Å². The summed E-state index contributed by atoms with van der Waals surface area (Å²) in [5.41, 5.74) is 0.605. The number of aromatic nitrogens is 2. The number of hydrogen-bond acceptors (Lipinski definition) is 7. The Bertz CT molecular complexity index is 834. The fourth-order valence-electron chi connectivity index (χ4n) is 4.30. The highest BCUT2D eigenvalue weighted by Gasteiger charge is 2.25. The van der Waals surface area contributed by atoms with Gasteiger partial charge in [0.25, 0.3) is 0 Å². The van der Waals surface area contributed by atoms with Crippen molar-refractivity contribution in [2.24, 2.45) is 0 Å². The summed E-state index contributed by atoms with van der Waals surface area (Å²) in [7, 11) is 1.39. The number of methoxy groups -OCH3 is 1. The number of likely N-dealkylation sites (tertiary alicyclic amines) is 1. The molecule has 0 radical (unpaired) electrons. The van der Waals surface area contributed by atoms with Crippen LogP contribution in [0, 0.1) is 0 Å². The van der Waals surface area contributed by atoms with Gasteiger partial charge < -0.3 is 18.7 Å². The monoisotopic (exact) mass is 437 g/mol. The first kappa shape index (κ1) is 22.0.